The molecule has 4 aliphatic carbocycles. The molecule has 23 heavy (non-hydrogen) atoms. The van der Waals surface area contributed by atoms with Crippen LogP contribution < -0.4 is 0 Å². The lowest BCUT2D eigenvalue weighted by Crippen LogP contribution is -2.50. The maximum atomic E-state index is 12.4. The first-order chi connectivity index (χ1) is 10.8. The number of hydrogen-bond donors (Lipinski definition) is 1. The maximum absolute atomic E-state index is 12.4. The highest BCUT2D eigenvalue weighted by atomic mass is 16.3. The largest absolute Gasteiger partial charge is 0.504 e. The summed E-state index contributed by atoms with van der Waals surface area (Å²) in [6, 6.07) is 0. The predicted molar refractivity (Wildman–Crippen MR) is 87.7 cm³/mol. The summed E-state index contributed by atoms with van der Waals surface area (Å²) in [7, 11) is 0. The first-order valence-corrected chi connectivity index (χ1v) is 8.68. The number of carbonyl (C=O) groups is 2. The number of rotatable bonds is 0. The van der Waals surface area contributed by atoms with Crippen LogP contribution in [0.3, 0.4) is 0 Å². The van der Waals surface area contributed by atoms with E-state index in [2.05, 4.69) is 20.4 Å². The van der Waals surface area contributed by atoms with Crippen LogP contribution in [0.5, 0.6) is 0 Å². The molecule has 0 aliphatic heterocycles. The molecular formula is C20H24O3. The molecule has 0 bridgehead atoms. The third kappa shape index (κ3) is 1.71. The third-order valence-electron chi connectivity index (χ3n) is 7.34. The van der Waals surface area contributed by atoms with Crippen molar-refractivity contribution in [2.24, 2.45) is 28.6 Å². The first-order valence-electron chi connectivity index (χ1n) is 8.68. The Bertz CT molecular complexity index is 698. The Balaban J connectivity index is 1.81. The minimum atomic E-state index is -0.328. The van der Waals surface area contributed by atoms with E-state index in [1.165, 1.54) is 6.08 Å². The van der Waals surface area contributed by atoms with Gasteiger partial charge in [-0.3, -0.25) is 9.59 Å². The molecule has 3 fully saturated rings. The van der Waals surface area contributed by atoms with Gasteiger partial charge in [0.15, 0.2) is 5.76 Å². The fraction of sp³-hybridized carbons (Fsp3) is 0.600. The van der Waals surface area contributed by atoms with Crippen molar-refractivity contribution in [3.8, 4) is 0 Å². The maximum Gasteiger partial charge on any atom is 0.220 e. The van der Waals surface area contributed by atoms with E-state index in [0.29, 0.717) is 30.0 Å². The fourth-order valence-corrected chi connectivity index (χ4v) is 6.12. The average molecular weight is 312 g/mol. The van der Waals surface area contributed by atoms with E-state index in [-0.39, 0.29) is 22.4 Å². The van der Waals surface area contributed by atoms with Gasteiger partial charge in [-0.15, -0.1) is 0 Å². The topological polar surface area (TPSA) is 54.4 Å². The van der Waals surface area contributed by atoms with Crippen molar-refractivity contribution in [3.63, 3.8) is 0 Å². The summed E-state index contributed by atoms with van der Waals surface area (Å²) < 4.78 is 0. The van der Waals surface area contributed by atoms with Crippen molar-refractivity contribution < 1.29 is 14.7 Å². The van der Waals surface area contributed by atoms with Crippen molar-refractivity contribution in [3.05, 3.63) is 35.6 Å². The Morgan fingerprint density at radius 1 is 1.22 bits per heavy atom. The van der Waals surface area contributed by atoms with Gasteiger partial charge in [0.25, 0.3) is 0 Å². The van der Waals surface area contributed by atoms with Crippen molar-refractivity contribution in [2.45, 2.75) is 46.0 Å². The van der Waals surface area contributed by atoms with Gasteiger partial charge in [-0.2, -0.15) is 0 Å². The zero-order valence-electron chi connectivity index (χ0n) is 13.9. The average Bonchev–Trinajstić information content (AvgIpc) is 2.79. The van der Waals surface area contributed by atoms with Crippen molar-refractivity contribution in [2.75, 3.05) is 0 Å². The second kappa shape index (κ2) is 4.46. The Labute approximate surface area is 137 Å². The lowest BCUT2D eigenvalue weighted by atomic mass is 9.47. The van der Waals surface area contributed by atoms with Crippen molar-refractivity contribution in [1.82, 2.24) is 0 Å². The van der Waals surface area contributed by atoms with Crippen LogP contribution in [0, 0.1) is 28.6 Å². The van der Waals surface area contributed by atoms with Gasteiger partial charge in [0.05, 0.1) is 0 Å². The van der Waals surface area contributed by atoms with Gasteiger partial charge in [-0.05, 0) is 55.1 Å². The Morgan fingerprint density at radius 2 is 1.96 bits per heavy atom. The van der Waals surface area contributed by atoms with Gasteiger partial charge in [0.1, 0.15) is 5.78 Å². The quantitative estimate of drug-likeness (QED) is 0.737. The van der Waals surface area contributed by atoms with Gasteiger partial charge in [0.2, 0.25) is 5.78 Å². The summed E-state index contributed by atoms with van der Waals surface area (Å²) in [5, 5.41) is 10.3. The van der Waals surface area contributed by atoms with E-state index in [4.69, 9.17) is 0 Å². The van der Waals surface area contributed by atoms with Crippen LogP contribution in [-0.2, 0) is 9.59 Å². The van der Waals surface area contributed by atoms with E-state index in [1.807, 2.05) is 6.08 Å². The van der Waals surface area contributed by atoms with Gasteiger partial charge in [-0.25, -0.2) is 0 Å². The molecule has 0 heterocycles. The number of Topliss-reactive ketones (excluding diaryl/α,β-unsaturated/α-hetero) is 1. The molecule has 5 atom stereocenters. The molecule has 0 aromatic heterocycles. The molecule has 0 spiro atoms. The molecule has 0 aromatic carbocycles. The molecule has 4 aliphatic rings. The summed E-state index contributed by atoms with van der Waals surface area (Å²) in [6.45, 7) is 8.46. The standard InChI is InChI=1S/C20H24O3/c1-11-10-12-13-4-5-16(22)19(13,2)8-6-14(12)20(3)9-7-15(21)18(23)17(11)20/h7,9,12-14,23H,1,4-6,8,10H2,2-3H3/t12-,13-,14-,19-,20+/m0/s1. The minimum Gasteiger partial charge on any atom is -0.504 e. The van der Waals surface area contributed by atoms with Gasteiger partial charge < -0.3 is 5.11 Å². The van der Waals surface area contributed by atoms with E-state index in [0.717, 1.165) is 36.8 Å². The van der Waals surface area contributed by atoms with Crippen LogP contribution in [0.4, 0.5) is 0 Å². The molecule has 0 saturated heterocycles. The number of aliphatic hydroxyl groups is 1. The van der Waals surface area contributed by atoms with Crippen LogP contribution in [0.25, 0.3) is 0 Å². The highest BCUT2D eigenvalue weighted by molar-refractivity contribution is 6.04. The first kappa shape index (κ1) is 14.9. The molecule has 122 valence electrons. The van der Waals surface area contributed by atoms with Crippen molar-refractivity contribution >= 4 is 11.6 Å². The van der Waals surface area contributed by atoms with Crippen molar-refractivity contribution in [1.29, 1.82) is 0 Å². The van der Waals surface area contributed by atoms with Crippen LogP contribution in [0.1, 0.15) is 46.0 Å². The van der Waals surface area contributed by atoms with E-state index >= 15 is 0 Å². The second-order valence-corrected chi connectivity index (χ2v) is 8.31. The Hall–Kier alpha value is -1.64. The number of ketones is 2. The predicted octanol–water partition coefficient (Wildman–Crippen LogP) is 3.92. The molecule has 0 amide bonds. The summed E-state index contributed by atoms with van der Waals surface area (Å²) in [5.74, 6) is 1.21. The van der Waals surface area contributed by atoms with Crippen LogP contribution in [-0.4, -0.2) is 16.7 Å². The summed E-state index contributed by atoms with van der Waals surface area (Å²) in [6.07, 6.45) is 7.88. The number of hydrogen-bond acceptors (Lipinski definition) is 3. The SMILES string of the molecule is C=C1C[C@@H]2[C@H](CC[C@]3(C)C(=O)CC[C@@H]23)[C@@]2(C)C=CC(=O)C(O)=C12. The van der Waals surface area contributed by atoms with E-state index in [1.54, 1.807) is 0 Å². The molecule has 0 unspecified atom stereocenters. The second-order valence-electron chi connectivity index (χ2n) is 8.31. The van der Waals surface area contributed by atoms with Gasteiger partial charge >= 0.3 is 0 Å². The molecule has 3 nitrogen and oxygen atoms in total. The molecule has 4 rings (SSSR count). The number of carbonyl (C=O) groups excluding carboxylic acids is 2. The molecule has 3 heteroatoms. The molecule has 0 radical (unpaired) electrons. The zero-order valence-corrected chi connectivity index (χ0v) is 13.9. The third-order valence-corrected chi connectivity index (χ3v) is 7.34. The van der Waals surface area contributed by atoms with Crippen LogP contribution in [0.2, 0.25) is 0 Å². The molecular weight excluding hydrogens is 288 g/mol. The highest BCUT2D eigenvalue weighted by Crippen LogP contribution is 2.64. The summed E-state index contributed by atoms with van der Waals surface area (Å²) in [4.78, 5) is 24.3. The molecule has 3 saturated carbocycles. The van der Waals surface area contributed by atoms with E-state index in [9.17, 15) is 14.7 Å². The fourth-order valence-electron chi connectivity index (χ4n) is 6.12. The lowest BCUT2D eigenvalue weighted by Gasteiger charge is -2.56. The summed E-state index contributed by atoms with van der Waals surface area (Å²) in [5.41, 5.74) is 1.13. The number of fused-ring (bicyclic) bond motifs is 5. The smallest absolute Gasteiger partial charge is 0.220 e. The number of aliphatic hydroxyl groups excluding tert-OH is 1. The highest BCUT2D eigenvalue weighted by Gasteiger charge is 2.59. The van der Waals surface area contributed by atoms with Gasteiger partial charge in [0, 0.05) is 22.8 Å². The monoisotopic (exact) mass is 312 g/mol. The van der Waals surface area contributed by atoms with E-state index < -0.39 is 0 Å². The lowest BCUT2D eigenvalue weighted by molar-refractivity contribution is -0.131. The van der Waals surface area contributed by atoms with Crippen LogP contribution in [0.15, 0.2) is 35.6 Å². The van der Waals surface area contributed by atoms with Crippen LogP contribution >= 0.6 is 0 Å². The Kier molecular flexibility index (Phi) is 2.89. The zero-order chi connectivity index (χ0) is 16.6. The van der Waals surface area contributed by atoms with Gasteiger partial charge in [-0.1, -0.05) is 26.5 Å². The Morgan fingerprint density at radius 3 is 2.70 bits per heavy atom. The molecule has 0 aromatic rings. The normalized spacial score (nSPS) is 45.8. The minimum absolute atomic E-state index is 0.116. The molecule has 1 N–H and O–H groups in total. The summed E-state index contributed by atoms with van der Waals surface area (Å²) >= 11 is 0. The number of allylic oxidation sites excluding steroid dienone is 4.